The monoisotopic (exact) mass is 411 g/mol. The van der Waals surface area contributed by atoms with Crippen LogP contribution in [0.4, 0.5) is 0 Å². The zero-order valence-electron chi connectivity index (χ0n) is 11.3. The molecule has 0 spiro atoms. The van der Waals surface area contributed by atoms with E-state index in [0.717, 1.165) is 17.3 Å². The molecule has 0 aliphatic rings. The number of benzene rings is 1. The summed E-state index contributed by atoms with van der Waals surface area (Å²) in [5, 5.41) is 0. The van der Waals surface area contributed by atoms with Crippen LogP contribution in [0.2, 0.25) is 0 Å². The Morgan fingerprint density at radius 1 is 1.21 bits per heavy atom. The fourth-order valence-corrected chi connectivity index (χ4v) is 5.15. The number of hydrogen-bond donors (Lipinski definition) is 1. The van der Waals surface area contributed by atoms with Crippen molar-refractivity contribution in [2.24, 2.45) is 5.92 Å². The smallest absolute Gasteiger partial charge is 0.208 e. The number of hydrogen-bond acceptors (Lipinski definition) is 2. The van der Waals surface area contributed by atoms with E-state index in [0.29, 0.717) is 10.4 Å². The lowest BCUT2D eigenvalue weighted by atomic mass is 9.96. The molecule has 0 radical (unpaired) electrons. The number of sulfonamides is 1. The quantitative estimate of drug-likeness (QED) is 0.756. The van der Waals surface area contributed by atoms with Crippen molar-refractivity contribution in [1.82, 2.24) is 4.72 Å². The van der Waals surface area contributed by atoms with Crippen molar-refractivity contribution >= 4 is 41.9 Å². The van der Waals surface area contributed by atoms with Gasteiger partial charge in [0.1, 0.15) is 0 Å². The number of halogens is 2. The first kappa shape index (κ1) is 17.1. The van der Waals surface area contributed by atoms with E-state index < -0.39 is 10.0 Å². The summed E-state index contributed by atoms with van der Waals surface area (Å²) in [7, 11) is -3.49. The Kier molecular flexibility index (Phi) is 6.50. The number of nitrogens with one attached hydrogen (secondary N) is 1. The molecule has 6 heteroatoms. The van der Waals surface area contributed by atoms with E-state index in [1.165, 1.54) is 0 Å². The van der Waals surface area contributed by atoms with Gasteiger partial charge in [-0.25, -0.2) is 13.1 Å². The van der Waals surface area contributed by atoms with Crippen LogP contribution in [-0.4, -0.2) is 14.5 Å². The summed E-state index contributed by atoms with van der Waals surface area (Å²) in [6.07, 6.45) is 1.92. The molecule has 0 fully saturated rings. The summed E-state index contributed by atoms with van der Waals surface area (Å²) in [6.45, 7) is 6.07. The molecule has 1 unspecified atom stereocenters. The average Bonchev–Trinajstić information content (AvgIpc) is 2.29. The van der Waals surface area contributed by atoms with Crippen LogP contribution >= 0.6 is 31.9 Å². The first-order valence-corrected chi connectivity index (χ1v) is 9.36. The molecule has 0 amide bonds. The minimum absolute atomic E-state index is 0.0736. The fourth-order valence-electron chi connectivity index (χ4n) is 2.09. The maximum atomic E-state index is 12.4. The van der Waals surface area contributed by atoms with Gasteiger partial charge in [0.2, 0.25) is 10.0 Å². The third-order valence-corrected chi connectivity index (χ3v) is 6.31. The molecule has 19 heavy (non-hydrogen) atoms. The Labute approximate surface area is 132 Å². The molecule has 1 rings (SSSR count). The van der Waals surface area contributed by atoms with Crippen molar-refractivity contribution < 1.29 is 8.42 Å². The first-order valence-electron chi connectivity index (χ1n) is 6.29. The van der Waals surface area contributed by atoms with Gasteiger partial charge < -0.3 is 0 Å². The van der Waals surface area contributed by atoms with E-state index in [4.69, 9.17) is 0 Å². The van der Waals surface area contributed by atoms with Gasteiger partial charge in [0.25, 0.3) is 0 Å². The van der Waals surface area contributed by atoms with Gasteiger partial charge in [-0.3, -0.25) is 0 Å². The van der Waals surface area contributed by atoms with Crippen LogP contribution in [0.3, 0.4) is 0 Å². The van der Waals surface area contributed by atoms with Gasteiger partial charge in [0, 0.05) is 15.0 Å². The first-order chi connectivity index (χ1) is 8.81. The number of rotatable bonds is 6. The van der Waals surface area contributed by atoms with Gasteiger partial charge in [-0.15, -0.1) is 0 Å². The Bertz CT molecular complexity index is 527. The lowest BCUT2D eigenvalue weighted by Gasteiger charge is -2.22. The zero-order chi connectivity index (χ0) is 14.6. The van der Waals surface area contributed by atoms with Crippen LogP contribution in [0.5, 0.6) is 0 Å². The maximum Gasteiger partial charge on any atom is 0.241 e. The highest BCUT2D eigenvalue weighted by atomic mass is 79.9. The molecule has 0 aliphatic carbocycles. The van der Waals surface area contributed by atoms with Crippen LogP contribution in [0.25, 0.3) is 0 Å². The molecule has 1 aromatic carbocycles. The molecule has 108 valence electrons. The minimum Gasteiger partial charge on any atom is -0.208 e. The second-order valence-electron chi connectivity index (χ2n) is 4.56. The topological polar surface area (TPSA) is 46.2 Å². The largest absolute Gasteiger partial charge is 0.241 e. The van der Waals surface area contributed by atoms with Crippen LogP contribution in [0.15, 0.2) is 32.0 Å². The predicted molar refractivity (Wildman–Crippen MR) is 85.7 cm³/mol. The van der Waals surface area contributed by atoms with Gasteiger partial charge in [-0.05, 0) is 47.0 Å². The molecular formula is C13H19Br2NO2S. The third kappa shape index (κ3) is 4.55. The normalized spacial score (nSPS) is 13.8. The van der Waals surface area contributed by atoms with E-state index in [-0.39, 0.29) is 10.9 Å². The average molecular weight is 413 g/mol. The highest BCUT2D eigenvalue weighted by molar-refractivity contribution is 9.11. The van der Waals surface area contributed by atoms with Gasteiger partial charge in [-0.1, -0.05) is 42.6 Å². The lowest BCUT2D eigenvalue weighted by molar-refractivity contribution is 0.390. The minimum atomic E-state index is -3.49. The predicted octanol–water partition coefficient (Wildman–Crippen LogP) is 4.31. The van der Waals surface area contributed by atoms with E-state index >= 15 is 0 Å². The van der Waals surface area contributed by atoms with E-state index in [2.05, 4.69) is 50.4 Å². The Morgan fingerprint density at radius 3 is 2.26 bits per heavy atom. The molecule has 3 nitrogen and oxygen atoms in total. The molecule has 0 saturated carbocycles. The SMILES string of the molecule is CCC(CC)C(C)NS(=O)(=O)c1ccc(Br)cc1Br. The summed E-state index contributed by atoms with van der Waals surface area (Å²) in [4.78, 5) is 0.272. The van der Waals surface area contributed by atoms with Crippen LogP contribution in [0.1, 0.15) is 33.6 Å². The van der Waals surface area contributed by atoms with Gasteiger partial charge in [0.05, 0.1) is 4.90 Å². The van der Waals surface area contributed by atoms with Crippen LogP contribution in [-0.2, 0) is 10.0 Å². The Balaban J connectivity index is 2.98. The molecule has 1 aromatic rings. The van der Waals surface area contributed by atoms with Crippen molar-refractivity contribution in [3.05, 3.63) is 27.1 Å². The van der Waals surface area contributed by atoms with Crippen molar-refractivity contribution in [3.8, 4) is 0 Å². The Morgan fingerprint density at radius 2 is 1.79 bits per heavy atom. The highest BCUT2D eigenvalue weighted by Gasteiger charge is 2.23. The summed E-state index contributed by atoms with van der Waals surface area (Å²) in [6, 6.07) is 4.98. The van der Waals surface area contributed by atoms with Gasteiger partial charge in [0.15, 0.2) is 0 Å². The zero-order valence-corrected chi connectivity index (χ0v) is 15.3. The Hall–Kier alpha value is 0.0900. The fraction of sp³-hybridized carbons (Fsp3) is 0.538. The van der Waals surface area contributed by atoms with Crippen molar-refractivity contribution in [2.75, 3.05) is 0 Å². The van der Waals surface area contributed by atoms with E-state index in [1.807, 2.05) is 6.92 Å². The van der Waals surface area contributed by atoms with Crippen LogP contribution in [0, 0.1) is 5.92 Å². The molecule has 0 aromatic heterocycles. The summed E-state index contributed by atoms with van der Waals surface area (Å²) < 4.78 is 28.9. The van der Waals surface area contributed by atoms with Gasteiger partial charge in [-0.2, -0.15) is 0 Å². The maximum absolute atomic E-state index is 12.4. The molecule has 0 heterocycles. The molecule has 1 N–H and O–H groups in total. The third-order valence-electron chi connectivity index (χ3n) is 3.28. The highest BCUT2D eigenvalue weighted by Crippen LogP contribution is 2.26. The lowest BCUT2D eigenvalue weighted by Crippen LogP contribution is -2.37. The second kappa shape index (κ2) is 7.20. The van der Waals surface area contributed by atoms with Crippen molar-refractivity contribution in [3.63, 3.8) is 0 Å². The summed E-state index contributed by atoms with van der Waals surface area (Å²) in [5.74, 6) is 0.351. The van der Waals surface area contributed by atoms with Crippen LogP contribution < -0.4 is 4.72 Å². The molecule has 0 bridgehead atoms. The summed E-state index contributed by atoms with van der Waals surface area (Å²) in [5.41, 5.74) is 0. The van der Waals surface area contributed by atoms with E-state index in [9.17, 15) is 8.42 Å². The van der Waals surface area contributed by atoms with Crippen molar-refractivity contribution in [1.29, 1.82) is 0 Å². The van der Waals surface area contributed by atoms with E-state index in [1.54, 1.807) is 18.2 Å². The molecule has 0 saturated heterocycles. The van der Waals surface area contributed by atoms with Crippen molar-refractivity contribution in [2.45, 2.75) is 44.6 Å². The molecule has 1 atom stereocenters. The molecule has 0 aliphatic heterocycles. The summed E-state index contributed by atoms with van der Waals surface area (Å²) >= 11 is 6.61. The van der Waals surface area contributed by atoms with Gasteiger partial charge >= 0.3 is 0 Å². The molecular weight excluding hydrogens is 394 g/mol. The standard InChI is InChI=1S/C13H19Br2NO2S/c1-4-10(5-2)9(3)16-19(17,18)13-7-6-11(14)8-12(13)15/h6-10,16H,4-5H2,1-3H3. The second-order valence-corrected chi connectivity index (χ2v) is 8.01.